The van der Waals surface area contributed by atoms with Gasteiger partial charge in [-0.05, 0) is 31.9 Å². The molecule has 2 aromatic rings. The van der Waals surface area contributed by atoms with Crippen molar-refractivity contribution >= 4 is 0 Å². The van der Waals surface area contributed by atoms with Crippen LogP contribution in [0.1, 0.15) is 41.8 Å². The molecule has 112 valence electrons. The minimum Gasteiger partial charge on any atom is -0.493 e. The van der Waals surface area contributed by atoms with Crippen LogP contribution in [0, 0.1) is 6.92 Å². The second-order valence-corrected chi connectivity index (χ2v) is 5.59. The van der Waals surface area contributed by atoms with Crippen LogP contribution in [0.3, 0.4) is 0 Å². The molecule has 1 aromatic heterocycles. The maximum atomic E-state index is 5.98. The maximum absolute atomic E-state index is 5.98. The summed E-state index contributed by atoms with van der Waals surface area (Å²) in [5.41, 5.74) is 4.96. The van der Waals surface area contributed by atoms with Crippen LogP contribution in [0.2, 0.25) is 0 Å². The number of benzene rings is 1. The lowest BCUT2D eigenvalue weighted by molar-refractivity contribution is 0.283. The van der Waals surface area contributed by atoms with Crippen LogP contribution in [0.5, 0.6) is 5.75 Å². The number of rotatable bonds is 4. The first kappa shape index (κ1) is 14.1. The largest absolute Gasteiger partial charge is 0.493 e. The van der Waals surface area contributed by atoms with Crippen LogP contribution in [-0.4, -0.2) is 22.9 Å². The Hall–Kier alpha value is -1.81. The van der Waals surface area contributed by atoms with Crippen LogP contribution in [0.25, 0.3) is 0 Å². The highest BCUT2D eigenvalue weighted by Gasteiger charge is 2.24. The molecule has 1 N–H and O–H groups in total. The molecule has 1 aliphatic heterocycles. The molecule has 0 bridgehead atoms. The minimum absolute atomic E-state index is 0.136. The predicted molar refractivity (Wildman–Crippen MR) is 83.7 cm³/mol. The van der Waals surface area contributed by atoms with Crippen molar-refractivity contribution in [2.75, 3.05) is 13.2 Å². The van der Waals surface area contributed by atoms with Gasteiger partial charge in [-0.25, -0.2) is 0 Å². The molecule has 1 atom stereocenters. The Morgan fingerprint density at radius 2 is 2.24 bits per heavy atom. The van der Waals surface area contributed by atoms with Gasteiger partial charge in [0.05, 0.1) is 18.8 Å². The molecule has 0 saturated heterocycles. The van der Waals surface area contributed by atoms with Crippen LogP contribution in [-0.2, 0) is 13.5 Å². The summed E-state index contributed by atoms with van der Waals surface area (Å²) in [5.74, 6) is 1.07. The van der Waals surface area contributed by atoms with Crippen LogP contribution in [0.15, 0.2) is 24.4 Å². The molecule has 0 amide bonds. The Bertz CT molecular complexity index is 633. The van der Waals surface area contributed by atoms with E-state index in [1.54, 1.807) is 0 Å². The average molecular weight is 285 g/mol. The Balaban J connectivity index is 2.08. The van der Waals surface area contributed by atoms with E-state index in [1.165, 1.54) is 22.4 Å². The van der Waals surface area contributed by atoms with E-state index in [4.69, 9.17) is 4.74 Å². The fraction of sp³-hybridized carbons (Fsp3) is 0.471. The fourth-order valence-corrected chi connectivity index (χ4v) is 3.03. The van der Waals surface area contributed by atoms with Gasteiger partial charge in [-0.3, -0.25) is 4.68 Å². The Morgan fingerprint density at radius 1 is 1.38 bits per heavy atom. The van der Waals surface area contributed by atoms with Gasteiger partial charge in [0.15, 0.2) is 0 Å². The first-order valence-corrected chi connectivity index (χ1v) is 7.68. The number of fused-ring (bicyclic) bond motifs is 1. The van der Waals surface area contributed by atoms with Crippen LogP contribution >= 0.6 is 0 Å². The first-order valence-electron chi connectivity index (χ1n) is 7.68. The molecule has 1 unspecified atom stereocenters. The lowest BCUT2D eigenvalue weighted by Crippen LogP contribution is -2.24. The summed E-state index contributed by atoms with van der Waals surface area (Å²) in [6.45, 7) is 5.97. The van der Waals surface area contributed by atoms with Crippen molar-refractivity contribution in [3.05, 3.63) is 46.8 Å². The summed E-state index contributed by atoms with van der Waals surface area (Å²) in [5, 5.41) is 7.98. The number of para-hydroxylation sites is 1. The minimum atomic E-state index is 0.136. The van der Waals surface area contributed by atoms with Crippen molar-refractivity contribution < 1.29 is 4.74 Å². The summed E-state index contributed by atoms with van der Waals surface area (Å²) in [6.07, 6.45) is 4.17. The molecule has 0 fully saturated rings. The van der Waals surface area contributed by atoms with E-state index in [0.29, 0.717) is 0 Å². The third-order valence-electron chi connectivity index (χ3n) is 4.27. The second kappa shape index (κ2) is 5.90. The maximum Gasteiger partial charge on any atom is 0.127 e. The molecule has 0 aliphatic carbocycles. The highest BCUT2D eigenvalue weighted by Crippen LogP contribution is 2.36. The number of nitrogens with one attached hydrogen (secondary N) is 1. The number of nitrogens with zero attached hydrogens (tertiary/aromatic N) is 2. The molecular weight excluding hydrogens is 262 g/mol. The molecule has 0 spiro atoms. The van der Waals surface area contributed by atoms with E-state index in [-0.39, 0.29) is 6.04 Å². The normalized spacial score (nSPS) is 15.4. The molecule has 1 aromatic carbocycles. The van der Waals surface area contributed by atoms with Gasteiger partial charge < -0.3 is 10.1 Å². The fourth-order valence-electron chi connectivity index (χ4n) is 3.03. The number of ether oxygens (including phenoxy) is 1. The SMILES string of the molecule is CCNC(c1cccc2c1OCCC2)c1cnn(C)c1C. The van der Waals surface area contributed by atoms with E-state index in [9.17, 15) is 0 Å². The number of hydrogen-bond acceptors (Lipinski definition) is 3. The van der Waals surface area contributed by atoms with E-state index in [1.807, 2.05) is 17.9 Å². The summed E-state index contributed by atoms with van der Waals surface area (Å²) in [6, 6.07) is 6.62. The quantitative estimate of drug-likeness (QED) is 0.939. The molecule has 2 heterocycles. The lowest BCUT2D eigenvalue weighted by atomic mass is 9.94. The molecule has 0 radical (unpaired) electrons. The number of hydrogen-bond donors (Lipinski definition) is 1. The number of aryl methyl sites for hydroxylation is 2. The molecule has 1 aliphatic rings. The summed E-state index contributed by atoms with van der Waals surface area (Å²) in [4.78, 5) is 0. The van der Waals surface area contributed by atoms with Gasteiger partial charge in [-0.1, -0.05) is 25.1 Å². The molecule has 3 rings (SSSR count). The highest BCUT2D eigenvalue weighted by atomic mass is 16.5. The van der Waals surface area contributed by atoms with Gasteiger partial charge in [0.1, 0.15) is 5.75 Å². The Kier molecular flexibility index (Phi) is 3.97. The van der Waals surface area contributed by atoms with Crippen molar-refractivity contribution in [1.29, 1.82) is 0 Å². The zero-order chi connectivity index (χ0) is 14.8. The molecular formula is C17H23N3O. The standard InChI is InChI=1S/C17H23N3O/c1-4-18-16(15-11-19-20(3)12(15)2)14-9-5-7-13-8-6-10-21-17(13)14/h5,7,9,11,16,18H,4,6,8,10H2,1-3H3. The lowest BCUT2D eigenvalue weighted by Gasteiger charge is -2.25. The van der Waals surface area contributed by atoms with Crippen LogP contribution in [0.4, 0.5) is 0 Å². The summed E-state index contributed by atoms with van der Waals surface area (Å²) in [7, 11) is 1.98. The molecule has 4 nitrogen and oxygen atoms in total. The van der Waals surface area contributed by atoms with E-state index in [2.05, 4.69) is 42.5 Å². The van der Waals surface area contributed by atoms with Gasteiger partial charge in [0, 0.05) is 23.9 Å². The first-order chi connectivity index (χ1) is 10.2. The zero-order valence-corrected chi connectivity index (χ0v) is 13.0. The van der Waals surface area contributed by atoms with Gasteiger partial charge in [0.2, 0.25) is 0 Å². The topological polar surface area (TPSA) is 39.1 Å². The van der Waals surface area contributed by atoms with Crippen molar-refractivity contribution in [2.45, 2.75) is 32.7 Å². The summed E-state index contributed by atoms with van der Waals surface area (Å²) >= 11 is 0. The van der Waals surface area contributed by atoms with Gasteiger partial charge in [-0.2, -0.15) is 5.10 Å². The van der Waals surface area contributed by atoms with E-state index >= 15 is 0 Å². The Labute approximate surface area is 126 Å². The Morgan fingerprint density at radius 3 is 2.95 bits per heavy atom. The van der Waals surface area contributed by atoms with Crippen LogP contribution < -0.4 is 10.1 Å². The molecule has 0 saturated carbocycles. The predicted octanol–water partition coefficient (Wildman–Crippen LogP) is 2.75. The van der Waals surface area contributed by atoms with Crippen molar-refractivity contribution in [2.24, 2.45) is 7.05 Å². The third-order valence-corrected chi connectivity index (χ3v) is 4.27. The monoisotopic (exact) mass is 285 g/mol. The van der Waals surface area contributed by atoms with Crippen molar-refractivity contribution in [3.8, 4) is 5.75 Å². The smallest absolute Gasteiger partial charge is 0.127 e. The van der Waals surface area contributed by atoms with E-state index < -0.39 is 0 Å². The number of aromatic nitrogens is 2. The van der Waals surface area contributed by atoms with Gasteiger partial charge in [-0.15, -0.1) is 0 Å². The van der Waals surface area contributed by atoms with E-state index in [0.717, 1.165) is 31.7 Å². The van der Waals surface area contributed by atoms with Crippen molar-refractivity contribution in [3.63, 3.8) is 0 Å². The van der Waals surface area contributed by atoms with Gasteiger partial charge >= 0.3 is 0 Å². The molecule has 21 heavy (non-hydrogen) atoms. The highest BCUT2D eigenvalue weighted by molar-refractivity contribution is 5.48. The third kappa shape index (κ3) is 2.56. The van der Waals surface area contributed by atoms with Gasteiger partial charge in [0.25, 0.3) is 0 Å². The summed E-state index contributed by atoms with van der Waals surface area (Å²) < 4.78 is 7.91. The second-order valence-electron chi connectivity index (χ2n) is 5.59. The average Bonchev–Trinajstić information content (AvgIpc) is 2.84. The molecule has 4 heteroatoms. The zero-order valence-electron chi connectivity index (χ0n) is 13.0. The van der Waals surface area contributed by atoms with Crippen molar-refractivity contribution in [1.82, 2.24) is 15.1 Å².